The Morgan fingerprint density at radius 2 is 1.72 bits per heavy atom. The van der Waals surface area contributed by atoms with Crippen LogP contribution in [-0.2, 0) is 4.79 Å². The fourth-order valence-corrected chi connectivity index (χ4v) is 4.62. The molecule has 0 aliphatic carbocycles. The minimum atomic E-state index is -0.114. The smallest absolute Gasteiger partial charge is 0.253 e. The van der Waals surface area contributed by atoms with Crippen LogP contribution in [-0.4, -0.2) is 78.9 Å². The first-order chi connectivity index (χ1) is 15.5. The zero-order valence-electron chi connectivity index (χ0n) is 18.5. The minimum Gasteiger partial charge on any atom is -0.490 e. The van der Waals surface area contributed by atoms with Crippen LogP contribution in [0.4, 0.5) is 0 Å². The zero-order valence-corrected chi connectivity index (χ0v) is 19.2. The molecule has 2 aliphatic rings. The predicted octanol–water partition coefficient (Wildman–Crippen LogP) is 3.41. The Morgan fingerprint density at radius 3 is 2.44 bits per heavy atom. The van der Waals surface area contributed by atoms with Crippen LogP contribution in [0.1, 0.15) is 23.2 Å². The first kappa shape index (κ1) is 22.6. The van der Waals surface area contributed by atoms with Gasteiger partial charge in [0.2, 0.25) is 5.91 Å². The van der Waals surface area contributed by atoms with E-state index in [1.165, 1.54) is 0 Å². The molecule has 170 valence electrons. The third-order valence-corrected chi connectivity index (χ3v) is 6.58. The summed E-state index contributed by atoms with van der Waals surface area (Å²) in [4.78, 5) is 32.2. The molecule has 4 rings (SSSR count). The number of para-hydroxylation sites is 1. The average Bonchev–Trinajstić information content (AvgIpc) is 2.81. The first-order valence-electron chi connectivity index (χ1n) is 11.2. The van der Waals surface area contributed by atoms with Crippen LogP contribution >= 0.6 is 11.6 Å². The number of halogens is 1. The maximum atomic E-state index is 13.1. The molecule has 0 unspecified atom stereocenters. The SMILES string of the molecule is CN1CCN(C(=O)C[C@H]2CN(C(=O)c3cccc(Cl)c3)CC[C@@H]2Oc2ccccc2)CC1. The number of hydrogen-bond acceptors (Lipinski definition) is 4. The zero-order chi connectivity index (χ0) is 22.5. The highest BCUT2D eigenvalue weighted by Crippen LogP contribution is 2.28. The van der Waals surface area contributed by atoms with E-state index in [0.717, 1.165) is 31.9 Å². The third kappa shape index (κ3) is 5.61. The summed E-state index contributed by atoms with van der Waals surface area (Å²) in [5.41, 5.74) is 0.573. The van der Waals surface area contributed by atoms with Gasteiger partial charge in [-0.15, -0.1) is 0 Å². The normalized spacial score (nSPS) is 21.9. The number of amides is 2. The largest absolute Gasteiger partial charge is 0.490 e. The summed E-state index contributed by atoms with van der Waals surface area (Å²) < 4.78 is 6.29. The van der Waals surface area contributed by atoms with Gasteiger partial charge in [-0.1, -0.05) is 35.9 Å². The van der Waals surface area contributed by atoms with Gasteiger partial charge in [0, 0.05) is 68.6 Å². The van der Waals surface area contributed by atoms with Crippen molar-refractivity contribution in [2.75, 3.05) is 46.3 Å². The van der Waals surface area contributed by atoms with Crippen LogP contribution in [0.15, 0.2) is 54.6 Å². The van der Waals surface area contributed by atoms with Crippen molar-refractivity contribution in [2.24, 2.45) is 5.92 Å². The van der Waals surface area contributed by atoms with Gasteiger partial charge in [0.05, 0.1) is 0 Å². The molecule has 7 heteroatoms. The first-order valence-corrected chi connectivity index (χ1v) is 11.6. The topological polar surface area (TPSA) is 53.1 Å². The van der Waals surface area contributed by atoms with Gasteiger partial charge < -0.3 is 19.4 Å². The monoisotopic (exact) mass is 455 g/mol. The predicted molar refractivity (Wildman–Crippen MR) is 125 cm³/mol. The van der Waals surface area contributed by atoms with E-state index in [4.69, 9.17) is 16.3 Å². The molecule has 2 amide bonds. The van der Waals surface area contributed by atoms with Crippen molar-refractivity contribution in [1.29, 1.82) is 0 Å². The van der Waals surface area contributed by atoms with Crippen molar-refractivity contribution in [3.05, 3.63) is 65.2 Å². The summed E-state index contributed by atoms with van der Waals surface area (Å²) in [5, 5.41) is 0.542. The highest BCUT2D eigenvalue weighted by molar-refractivity contribution is 6.30. The van der Waals surface area contributed by atoms with Gasteiger partial charge in [0.25, 0.3) is 5.91 Å². The van der Waals surface area contributed by atoms with E-state index in [-0.39, 0.29) is 23.8 Å². The summed E-state index contributed by atoms with van der Waals surface area (Å²) in [6.45, 7) is 4.35. The van der Waals surface area contributed by atoms with E-state index < -0.39 is 0 Å². The van der Waals surface area contributed by atoms with Crippen molar-refractivity contribution >= 4 is 23.4 Å². The number of benzene rings is 2. The second-order valence-corrected chi connectivity index (χ2v) is 9.10. The highest BCUT2D eigenvalue weighted by Gasteiger charge is 2.36. The van der Waals surface area contributed by atoms with E-state index in [2.05, 4.69) is 11.9 Å². The number of likely N-dealkylation sites (N-methyl/N-ethyl adjacent to an activating group) is 1. The third-order valence-electron chi connectivity index (χ3n) is 6.35. The summed E-state index contributed by atoms with van der Waals surface area (Å²) in [6.07, 6.45) is 0.944. The molecule has 0 bridgehead atoms. The maximum Gasteiger partial charge on any atom is 0.253 e. The summed E-state index contributed by atoms with van der Waals surface area (Å²) in [5.74, 6) is 0.813. The number of nitrogens with zero attached hydrogens (tertiary/aromatic N) is 3. The molecular formula is C25H30ClN3O3. The lowest BCUT2D eigenvalue weighted by atomic mass is 9.90. The molecule has 32 heavy (non-hydrogen) atoms. The van der Waals surface area contributed by atoms with E-state index in [0.29, 0.717) is 36.5 Å². The minimum absolute atomic E-state index is 0.0530. The highest BCUT2D eigenvalue weighted by atomic mass is 35.5. The quantitative estimate of drug-likeness (QED) is 0.693. The molecule has 2 fully saturated rings. The Hall–Kier alpha value is -2.57. The summed E-state index contributed by atoms with van der Waals surface area (Å²) in [7, 11) is 2.08. The van der Waals surface area contributed by atoms with Crippen LogP contribution in [0.5, 0.6) is 5.75 Å². The van der Waals surface area contributed by atoms with Crippen molar-refractivity contribution in [3.8, 4) is 5.75 Å². The molecule has 2 atom stereocenters. The van der Waals surface area contributed by atoms with Crippen LogP contribution < -0.4 is 4.74 Å². The summed E-state index contributed by atoms with van der Waals surface area (Å²) >= 11 is 6.09. The molecule has 2 saturated heterocycles. The molecule has 0 radical (unpaired) electrons. The standard InChI is InChI=1S/C25H30ClN3O3/c1-27-12-14-28(15-13-27)24(30)17-20-18-29(25(31)19-6-5-7-21(26)16-19)11-10-23(20)32-22-8-3-2-4-9-22/h2-9,16,20,23H,10-15,17-18H2,1H3/t20-,23-/m0/s1. The van der Waals surface area contributed by atoms with Crippen molar-refractivity contribution in [2.45, 2.75) is 18.9 Å². The van der Waals surface area contributed by atoms with E-state index >= 15 is 0 Å². The molecule has 2 aromatic rings. The Labute approximate surface area is 194 Å². The van der Waals surface area contributed by atoms with Gasteiger partial charge in [0.15, 0.2) is 0 Å². The van der Waals surface area contributed by atoms with Crippen molar-refractivity contribution in [3.63, 3.8) is 0 Å². The van der Waals surface area contributed by atoms with Gasteiger partial charge in [-0.3, -0.25) is 9.59 Å². The van der Waals surface area contributed by atoms with Gasteiger partial charge in [-0.2, -0.15) is 0 Å². The van der Waals surface area contributed by atoms with Crippen molar-refractivity contribution in [1.82, 2.24) is 14.7 Å². The Balaban J connectivity index is 1.47. The van der Waals surface area contributed by atoms with E-state index in [9.17, 15) is 9.59 Å². The maximum absolute atomic E-state index is 13.1. The molecule has 2 heterocycles. The number of piperazine rings is 1. The lowest BCUT2D eigenvalue weighted by Gasteiger charge is -2.40. The lowest BCUT2D eigenvalue weighted by molar-refractivity contribution is -0.135. The Kier molecular flexibility index (Phi) is 7.33. The van der Waals surface area contributed by atoms with E-state index in [1.54, 1.807) is 24.3 Å². The van der Waals surface area contributed by atoms with Crippen molar-refractivity contribution < 1.29 is 14.3 Å². The number of ether oxygens (including phenoxy) is 1. The second kappa shape index (κ2) is 10.4. The van der Waals surface area contributed by atoms with Crippen LogP contribution in [0.3, 0.4) is 0 Å². The Bertz CT molecular complexity index is 931. The van der Waals surface area contributed by atoms with Crippen LogP contribution in [0.25, 0.3) is 0 Å². The molecule has 0 spiro atoms. The molecule has 2 aliphatic heterocycles. The molecule has 0 saturated carbocycles. The van der Waals surface area contributed by atoms with Crippen LogP contribution in [0.2, 0.25) is 5.02 Å². The Morgan fingerprint density at radius 1 is 0.969 bits per heavy atom. The van der Waals surface area contributed by atoms with Crippen LogP contribution in [0, 0.1) is 5.92 Å². The molecule has 0 N–H and O–H groups in total. The number of likely N-dealkylation sites (tertiary alicyclic amines) is 1. The van der Waals surface area contributed by atoms with Gasteiger partial charge in [0.1, 0.15) is 11.9 Å². The second-order valence-electron chi connectivity index (χ2n) is 8.67. The lowest BCUT2D eigenvalue weighted by Crippen LogP contribution is -2.51. The molecular weight excluding hydrogens is 426 g/mol. The molecule has 2 aromatic carbocycles. The van der Waals surface area contributed by atoms with Gasteiger partial charge in [-0.05, 0) is 37.4 Å². The molecule has 0 aromatic heterocycles. The summed E-state index contributed by atoms with van der Waals surface area (Å²) in [6, 6.07) is 16.7. The number of carbonyl (C=O) groups is 2. The van der Waals surface area contributed by atoms with Gasteiger partial charge >= 0.3 is 0 Å². The fourth-order valence-electron chi connectivity index (χ4n) is 4.43. The van der Waals surface area contributed by atoms with E-state index in [1.807, 2.05) is 40.1 Å². The number of rotatable bonds is 5. The number of hydrogen-bond donors (Lipinski definition) is 0. The fraction of sp³-hybridized carbons (Fsp3) is 0.440. The average molecular weight is 456 g/mol. The van der Waals surface area contributed by atoms with Gasteiger partial charge in [-0.25, -0.2) is 0 Å². The molecule has 6 nitrogen and oxygen atoms in total. The number of piperidine rings is 1. The number of carbonyl (C=O) groups excluding carboxylic acids is 2.